The third kappa shape index (κ3) is 3.42. The highest BCUT2D eigenvalue weighted by molar-refractivity contribution is 6.18. The van der Waals surface area contributed by atoms with Gasteiger partial charge < -0.3 is 15.1 Å². The minimum Gasteiger partial charge on any atom is -0.442 e. The molecule has 1 unspecified atom stereocenters. The Morgan fingerprint density at radius 1 is 1.57 bits per heavy atom. The van der Waals surface area contributed by atoms with Crippen molar-refractivity contribution >= 4 is 23.6 Å². The van der Waals surface area contributed by atoms with Gasteiger partial charge >= 0.3 is 11.9 Å². The van der Waals surface area contributed by atoms with Crippen LogP contribution in [0.5, 0.6) is 0 Å². The van der Waals surface area contributed by atoms with Gasteiger partial charge in [-0.1, -0.05) is 0 Å². The summed E-state index contributed by atoms with van der Waals surface area (Å²) in [5.74, 6) is -0.676. The quantitative estimate of drug-likeness (QED) is 0.564. The molecule has 1 amide bonds. The highest BCUT2D eigenvalue weighted by Gasteiger charge is 2.40. The second kappa shape index (κ2) is 5.71. The van der Waals surface area contributed by atoms with Gasteiger partial charge in [-0.05, 0) is 20.2 Å². The van der Waals surface area contributed by atoms with Crippen molar-refractivity contribution in [1.29, 1.82) is 0 Å². The molecule has 10 nitrogen and oxygen atoms in total. The topological polar surface area (TPSA) is 139 Å². The Morgan fingerprint density at radius 3 is 2.90 bits per heavy atom. The van der Waals surface area contributed by atoms with Gasteiger partial charge in [-0.15, -0.1) is 0 Å². The summed E-state index contributed by atoms with van der Waals surface area (Å²) in [4.78, 5) is 31.2. The number of hydrogen-bond donors (Lipinski definition) is 2. The molecule has 0 radical (unpaired) electrons. The van der Waals surface area contributed by atoms with Crippen LogP contribution in [0, 0.1) is 10.1 Å². The van der Waals surface area contributed by atoms with Crippen molar-refractivity contribution in [3.8, 4) is 0 Å². The van der Waals surface area contributed by atoms with E-state index in [0.29, 0.717) is 12.3 Å². The molecule has 10 heteroatoms. The second-order valence-corrected chi connectivity index (χ2v) is 4.62. The molecule has 21 heavy (non-hydrogen) atoms. The molecule has 0 spiro atoms. The van der Waals surface area contributed by atoms with E-state index >= 15 is 0 Å². The molecule has 2 heterocycles. The monoisotopic (exact) mass is 294 g/mol. The predicted molar refractivity (Wildman–Crippen MR) is 73.7 cm³/mol. The van der Waals surface area contributed by atoms with E-state index in [1.807, 2.05) is 19.0 Å². The summed E-state index contributed by atoms with van der Waals surface area (Å²) in [6.45, 7) is 0.551. The summed E-state index contributed by atoms with van der Waals surface area (Å²) in [5, 5.41) is 13.0. The first-order valence-corrected chi connectivity index (χ1v) is 5.97. The zero-order valence-corrected chi connectivity index (χ0v) is 11.4. The van der Waals surface area contributed by atoms with Gasteiger partial charge in [-0.3, -0.25) is 20.2 Å². The average Bonchev–Trinajstić information content (AvgIpc) is 2.73. The molecular weight excluding hydrogens is 280 g/mol. The molecule has 0 aliphatic carbocycles. The van der Waals surface area contributed by atoms with Crippen LogP contribution in [-0.4, -0.2) is 47.7 Å². The highest BCUT2D eigenvalue weighted by Crippen LogP contribution is 2.19. The molecule has 0 aromatic carbocycles. The molecule has 1 atom stereocenters. The Kier molecular flexibility index (Phi) is 3.98. The zero-order valence-electron chi connectivity index (χ0n) is 11.4. The summed E-state index contributed by atoms with van der Waals surface area (Å²) in [5.41, 5.74) is 5.38. The number of hydrogen-bond acceptors (Lipinski definition) is 7. The van der Waals surface area contributed by atoms with Crippen LogP contribution in [0.1, 0.15) is 5.76 Å². The van der Waals surface area contributed by atoms with E-state index in [0.717, 1.165) is 0 Å². The van der Waals surface area contributed by atoms with E-state index in [-0.39, 0.29) is 17.7 Å². The molecule has 1 aliphatic heterocycles. The van der Waals surface area contributed by atoms with E-state index in [4.69, 9.17) is 10.2 Å². The molecule has 3 N–H and O–H groups in total. The zero-order chi connectivity index (χ0) is 15.6. The molecular formula is C11H14N6O4. The van der Waals surface area contributed by atoms with E-state index in [9.17, 15) is 14.9 Å². The number of nitrogens with one attached hydrogen (secondary N) is 1. The number of nitrogens with zero attached hydrogens (tertiary/aromatic N) is 4. The van der Waals surface area contributed by atoms with Gasteiger partial charge in [-0.2, -0.15) is 9.98 Å². The van der Waals surface area contributed by atoms with Crippen molar-refractivity contribution < 1.29 is 14.1 Å². The fourth-order valence-corrected chi connectivity index (χ4v) is 1.74. The summed E-state index contributed by atoms with van der Waals surface area (Å²) in [7, 11) is 3.74. The van der Waals surface area contributed by atoms with Gasteiger partial charge in [0.25, 0.3) is 0 Å². The third-order valence-electron chi connectivity index (χ3n) is 2.53. The number of nitro groups is 1. The lowest BCUT2D eigenvalue weighted by Gasteiger charge is -2.14. The minimum atomic E-state index is -1.71. The van der Waals surface area contributed by atoms with Gasteiger partial charge in [0.1, 0.15) is 5.76 Å². The lowest BCUT2D eigenvalue weighted by Crippen LogP contribution is -2.53. The van der Waals surface area contributed by atoms with Crippen LogP contribution in [-0.2, 0) is 11.3 Å². The van der Waals surface area contributed by atoms with Gasteiger partial charge in [0.15, 0.2) is 0 Å². The highest BCUT2D eigenvalue weighted by atomic mass is 16.6. The molecule has 1 aromatic rings. The fraction of sp³-hybridized carbons (Fsp3) is 0.364. The van der Waals surface area contributed by atoms with Crippen LogP contribution in [0.3, 0.4) is 0 Å². The van der Waals surface area contributed by atoms with Crippen LogP contribution < -0.4 is 11.1 Å². The molecule has 112 valence electrons. The summed E-state index contributed by atoms with van der Waals surface area (Å²) >= 11 is 0. The second-order valence-electron chi connectivity index (χ2n) is 4.62. The molecule has 2 rings (SSSR count). The number of carbonyl (C=O) groups is 1. The minimum absolute atomic E-state index is 0.125. The maximum absolute atomic E-state index is 11.6. The number of rotatable bonds is 4. The average molecular weight is 294 g/mol. The Bertz CT molecular complexity index is 632. The maximum atomic E-state index is 11.6. The number of furan rings is 1. The normalized spacial score (nSPS) is 20.5. The van der Waals surface area contributed by atoms with E-state index in [2.05, 4.69) is 15.3 Å². The van der Waals surface area contributed by atoms with Gasteiger partial charge in [0.2, 0.25) is 17.7 Å². The molecule has 1 aliphatic rings. The van der Waals surface area contributed by atoms with Crippen LogP contribution >= 0.6 is 0 Å². The van der Waals surface area contributed by atoms with Crippen molar-refractivity contribution in [3.63, 3.8) is 0 Å². The SMILES string of the molecule is CN(C)Cc1ccc(/N=C2\N=C(N)NC(=O)C2[N+](=O)[O-])o1. The van der Waals surface area contributed by atoms with Crippen molar-refractivity contribution in [2.75, 3.05) is 14.1 Å². The smallest absolute Gasteiger partial charge is 0.348 e. The lowest BCUT2D eigenvalue weighted by atomic mass is 10.2. The standard InChI is InChI=1S/C11H14N6O4/c1-16(2)5-6-3-4-7(21-6)13-9-8(17(19)20)10(18)15-11(12)14-9/h3-4,8H,5H2,1-2H3,(H3,12,13,14,15,18). The summed E-state index contributed by atoms with van der Waals surface area (Å²) in [6, 6.07) is 1.53. The van der Waals surface area contributed by atoms with Crippen molar-refractivity contribution in [2.24, 2.45) is 15.7 Å². The number of amides is 1. The Hall–Kier alpha value is -2.75. The molecule has 1 aromatic heterocycles. The first-order chi connectivity index (χ1) is 9.86. The van der Waals surface area contributed by atoms with Crippen molar-refractivity contribution in [2.45, 2.75) is 12.6 Å². The number of carbonyl (C=O) groups excluding carboxylic acids is 1. The Labute approximate surface area is 119 Å². The number of nitrogens with two attached hydrogens (primary N) is 1. The molecule has 0 fully saturated rings. The van der Waals surface area contributed by atoms with E-state index in [1.165, 1.54) is 0 Å². The lowest BCUT2D eigenvalue weighted by molar-refractivity contribution is -0.489. The summed E-state index contributed by atoms with van der Waals surface area (Å²) in [6.07, 6.45) is 0. The van der Waals surface area contributed by atoms with Gasteiger partial charge in [0.05, 0.1) is 6.54 Å². The van der Waals surface area contributed by atoms with Crippen molar-refractivity contribution in [3.05, 3.63) is 28.0 Å². The maximum Gasteiger partial charge on any atom is 0.348 e. The fourth-order valence-electron chi connectivity index (χ4n) is 1.74. The molecule has 0 saturated carbocycles. The van der Waals surface area contributed by atoms with Gasteiger partial charge in [-0.25, -0.2) is 0 Å². The Balaban J connectivity index is 2.32. The van der Waals surface area contributed by atoms with Crippen LogP contribution in [0.2, 0.25) is 0 Å². The number of aliphatic imine (C=N–C) groups is 2. The van der Waals surface area contributed by atoms with Crippen LogP contribution in [0.15, 0.2) is 26.5 Å². The Morgan fingerprint density at radius 2 is 2.29 bits per heavy atom. The van der Waals surface area contributed by atoms with Crippen LogP contribution in [0.4, 0.5) is 5.88 Å². The summed E-state index contributed by atoms with van der Waals surface area (Å²) < 4.78 is 5.40. The predicted octanol–water partition coefficient (Wildman–Crippen LogP) is -0.539. The molecule has 0 saturated heterocycles. The first kappa shape index (κ1) is 14.7. The van der Waals surface area contributed by atoms with Crippen molar-refractivity contribution in [1.82, 2.24) is 10.2 Å². The number of guanidine groups is 1. The third-order valence-corrected chi connectivity index (χ3v) is 2.53. The largest absolute Gasteiger partial charge is 0.442 e. The first-order valence-electron chi connectivity index (χ1n) is 5.97. The van der Waals surface area contributed by atoms with E-state index < -0.39 is 16.9 Å². The molecule has 0 bridgehead atoms. The van der Waals surface area contributed by atoms with Crippen LogP contribution in [0.25, 0.3) is 0 Å². The number of amidine groups is 1. The van der Waals surface area contributed by atoms with Gasteiger partial charge in [0, 0.05) is 11.0 Å². The van der Waals surface area contributed by atoms with E-state index in [1.54, 1.807) is 12.1 Å².